The Labute approximate surface area is 136 Å². The monoisotopic (exact) mass is 323 g/mol. The summed E-state index contributed by atoms with van der Waals surface area (Å²) in [7, 11) is 0. The van der Waals surface area contributed by atoms with Gasteiger partial charge in [0.2, 0.25) is 0 Å². The number of hydrogen-bond donors (Lipinski definition) is 2. The van der Waals surface area contributed by atoms with Crippen LogP contribution in [0.25, 0.3) is 11.5 Å². The number of pyridine rings is 1. The maximum Gasteiger partial charge on any atom is 0.271 e. The molecule has 0 aliphatic heterocycles. The average Bonchev–Trinajstić information content (AvgIpc) is 3.06. The minimum absolute atomic E-state index is 0.347. The summed E-state index contributed by atoms with van der Waals surface area (Å²) >= 11 is 0. The highest BCUT2D eigenvalue weighted by molar-refractivity contribution is 5.99. The Morgan fingerprint density at radius 2 is 1.71 bits per heavy atom. The first-order valence-corrected chi connectivity index (χ1v) is 7.05. The molecular formula is C16H13N5O3. The zero-order valence-corrected chi connectivity index (χ0v) is 12.7. The zero-order valence-electron chi connectivity index (χ0n) is 12.7. The maximum atomic E-state index is 12.0. The lowest BCUT2D eigenvalue weighted by molar-refractivity contribution is 0.0846. The molecule has 2 heterocycles. The average molecular weight is 323 g/mol. The molecule has 8 heteroatoms. The molecule has 0 bridgehead atoms. The molecular weight excluding hydrogens is 310 g/mol. The number of nitrogens with zero attached hydrogens (tertiary/aromatic N) is 3. The van der Waals surface area contributed by atoms with Crippen LogP contribution in [0.3, 0.4) is 0 Å². The molecule has 0 spiro atoms. The molecule has 3 rings (SSSR count). The number of benzene rings is 1. The van der Waals surface area contributed by atoms with Crippen molar-refractivity contribution in [3.63, 3.8) is 0 Å². The highest BCUT2D eigenvalue weighted by atomic mass is 16.5. The summed E-state index contributed by atoms with van der Waals surface area (Å²) in [6.07, 6.45) is 2.96. The lowest BCUT2D eigenvalue weighted by Crippen LogP contribution is -2.41. The van der Waals surface area contributed by atoms with Crippen LogP contribution in [0.1, 0.15) is 26.5 Å². The molecule has 3 aromatic rings. The van der Waals surface area contributed by atoms with Crippen LogP contribution in [0.4, 0.5) is 0 Å². The predicted octanol–water partition coefficient (Wildman–Crippen LogP) is 1.51. The van der Waals surface area contributed by atoms with Gasteiger partial charge in [0.15, 0.2) is 5.82 Å². The molecule has 2 aromatic heterocycles. The second kappa shape index (κ2) is 6.69. The van der Waals surface area contributed by atoms with Gasteiger partial charge >= 0.3 is 0 Å². The third-order valence-corrected chi connectivity index (χ3v) is 3.13. The van der Waals surface area contributed by atoms with E-state index in [1.165, 1.54) is 6.20 Å². The van der Waals surface area contributed by atoms with Gasteiger partial charge in [-0.1, -0.05) is 5.16 Å². The summed E-state index contributed by atoms with van der Waals surface area (Å²) in [5, 5.41) is 3.71. The van der Waals surface area contributed by atoms with Gasteiger partial charge < -0.3 is 4.52 Å². The fourth-order valence-electron chi connectivity index (χ4n) is 1.93. The molecule has 0 fully saturated rings. The zero-order chi connectivity index (χ0) is 16.9. The van der Waals surface area contributed by atoms with Crippen LogP contribution in [0.2, 0.25) is 0 Å². The van der Waals surface area contributed by atoms with Crippen molar-refractivity contribution in [2.75, 3.05) is 0 Å². The summed E-state index contributed by atoms with van der Waals surface area (Å²) in [5.74, 6) is 0.0178. The molecule has 1 aromatic carbocycles. The van der Waals surface area contributed by atoms with Crippen LogP contribution < -0.4 is 10.9 Å². The van der Waals surface area contributed by atoms with E-state index in [0.717, 1.165) is 0 Å². The lowest BCUT2D eigenvalue weighted by atomic mass is 10.1. The van der Waals surface area contributed by atoms with Gasteiger partial charge in [-0.3, -0.25) is 25.4 Å². The molecule has 0 radical (unpaired) electrons. The van der Waals surface area contributed by atoms with Gasteiger partial charge in [0.1, 0.15) is 0 Å². The Balaban J connectivity index is 1.62. The molecule has 0 aliphatic carbocycles. The largest absolute Gasteiger partial charge is 0.334 e. The summed E-state index contributed by atoms with van der Waals surface area (Å²) in [5.41, 5.74) is 6.09. The second-order valence-electron chi connectivity index (χ2n) is 4.87. The fraction of sp³-hybridized carbons (Fsp3) is 0.0625. The molecule has 0 unspecified atom stereocenters. The first-order chi connectivity index (χ1) is 11.6. The molecule has 2 N–H and O–H groups in total. The van der Waals surface area contributed by atoms with E-state index in [1.807, 2.05) is 0 Å². The van der Waals surface area contributed by atoms with Gasteiger partial charge in [0.05, 0.1) is 5.56 Å². The molecule has 0 atom stereocenters. The molecule has 24 heavy (non-hydrogen) atoms. The van der Waals surface area contributed by atoms with Crippen molar-refractivity contribution in [3.05, 3.63) is 65.7 Å². The number of carbonyl (C=O) groups excluding carboxylic acids is 2. The van der Waals surface area contributed by atoms with Crippen LogP contribution in [0, 0.1) is 6.92 Å². The van der Waals surface area contributed by atoms with Crippen LogP contribution in [-0.4, -0.2) is 26.9 Å². The Morgan fingerprint density at radius 1 is 1.00 bits per heavy atom. The Kier molecular flexibility index (Phi) is 4.28. The summed E-state index contributed by atoms with van der Waals surface area (Å²) in [6.45, 7) is 1.72. The third kappa shape index (κ3) is 3.43. The van der Waals surface area contributed by atoms with E-state index in [1.54, 1.807) is 49.5 Å². The first kappa shape index (κ1) is 15.3. The Bertz CT molecular complexity index is 859. The van der Waals surface area contributed by atoms with Gasteiger partial charge in [-0.2, -0.15) is 4.98 Å². The Hall–Kier alpha value is -3.55. The molecule has 8 nitrogen and oxygen atoms in total. The van der Waals surface area contributed by atoms with E-state index in [9.17, 15) is 9.59 Å². The van der Waals surface area contributed by atoms with Crippen molar-refractivity contribution in [3.8, 4) is 11.5 Å². The van der Waals surface area contributed by atoms with Crippen molar-refractivity contribution < 1.29 is 14.1 Å². The molecule has 2 amide bonds. The number of carbonyl (C=O) groups is 2. The van der Waals surface area contributed by atoms with Crippen molar-refractivity contribution in [1.29, 1.82) is 0 Å². The fourth-order valence-corrected chi connectivity index (χ4v) is 1.93. The number of nitrogens with one attached hydrogen (secondary N) is 2. The number of hydrogen-bond acceptors (Lipinski definition) is 6. The standard InChI is InChI=1S/C16H13N5O3/c1-10-18-16(24-21-10)12-6-4-11(5-7-12)14(22)19-20-15(23)13-3-2-8-17-9-13/h2-9H,1H3,(H,19,22)(H,20,23). The van der Waals surface area contributed by atoms with Crippen LogP contribution in [-0.2, 0) is 0 Å². The van der Waals surface area contributed by atoms with E-state index in [-0.39, 0.29) is 0 Å². The number of hydrazine groups is 1. The number of amides is 2. The van der Waals surface area contributed by atoms with E-state index in [2.05, 4.69) is 26.0 Å². The summed E-state index contributed by atoms with van der Waals surface area (Å²) in [6, 6.07) is 9.79. The van der Waals surface area contributed by atoms with E-state index in [0.29, 0.717) is 28.4 Å². The molecule has 0 saturated heterocycles. The van der Waals surface area contributed by atoms with E-state index >= 15 is 0 Å². The minimum Gasteiger partial charge on any atom is -0.334 e. The molecule has 120 valence electrons. The number of aromatic nitrogens is 3. The first-order valence-electron chi connectivity index (χ1n) is 7.05. The van der Waals surface area contributed by atoms with Gasteiger partial charge in [-0.05, 0) is 43.3 Å². The third-order valence-electron chi connectivity index (χ3n) is 3.13. The van der Waals surface area contributed by atoms with E-state index < -0.39 is 11.8 Å². The maximum absolute atomic E-state index is 12.0. The van der Waals surface area contributed by atoms with Crippen LogP contribution in [0.5, 0.6) is 0 Å². The van der Waals surface area contributed by atoms with Crippen molar-refractivity contribution >= 4 is 11.8 Å². The lowest BCUT2D eigenvalue weighted by Gasteiger charge is -2.07. The van der Waals surface area contributed by atoms with Crippen LogP contribution in [0.15, 0.2) is 53.3 Å². The van der Waals surface area contributed by atoms with Gasteiger partial charge in [0, 0.05) is 23.5 Å². The number of aryl methyl sites for hydroxylation is 1. The van der Waals surface area contributed by atoms with E-state index in [4.69, 9.17) is 4.52 Å². The van der Waals surface area contributed by atoms with Gasteiger partial charge in [-0.15, -0.1) is 0 Å². The van der Waals surface area contributed by atoms with Crippen molar-refractivity contribution in [1.82, 2.24) is 26.0 Å². The van der Waals surface area contributed by atoms with Gasteiger partial charge in [-0.25, -0.2) is 0 Å². The highest BCUT2D eigenvalue weighted by Gasteiger charge is 2.11. The minimum atomic E-state index is -0.450. The molecule has 0 saturated carbocycles. The smallest absolute Gasteiger partial charge is 0.271 e. The SMILES string of the molecule is Cc1noc(-c2ccc(C(=O)NNC(=O)c3cccnc3)cc2)n1. The van der Waals surface area contributed by atoms with Crippen molar-refractivity contribution in [2.45, 2.75) is 6.92 Å². The van der Waals surface area contributed by atoms with Gasteiger partial charge in [0.25, 0.3) is 17.7 Å². The predicted molar refractivity (Wildman–Crippen MR) is 83.6 cm³/mol. The summed E-state index contributed by atoms with van der Waals surface area (Å²) < 4.78 is 5.05. The normalized spacial score (nSPS) is 10.2. The van der Waals surface area contributed by atoms with Crippen LogP contribution >= 0.6 is 0 Å². The molecule has 0 aliphatic rings. The summed E-state index contributed by atoms with van der Waals surface area (Å²) in [4.78, 5) is 31.8. The topological polar surface area (TPSA) is 110 Å². The number of rotatable bonds is 3. The second-order valence-corrected chi connectivity index (χ2v) is 4.87. The quantitative estimate of drug-likeness (QED) is 0.707. The highest BCUT2D eigenvalue weighted by Crippen LogP contribution is 2.17. The Morgan fingerprint density at radius 3 is 2.29 bits per heavy atom. The van der Waals surface area contributed by atoms with Crippen molar-refractivity contribution in [2.24, 2.45) is 0 Å².